The number of ether oxygens (including phenoxy) is 1. The highest BCUT2D eigenvalue weighted by atomic mass is 35.5. The van der Waals surface area contributed by atoms with Gasteiger partial charge in [-0.1, -0.05) is 35.3 Å². The number of hydrogen-bond donors (Lipinski definition) is 2. The Balaban J connectivity index is 1.88. The van der Waals surface area contributed by atoms with E-state index in [0.29, 0.717) is 17.1 Å². The summed E-state index contributed by atoms with van der Waals surface area (Å²) < 4.78 is 5.17. The van der Waals surface area contributed by atoms with Crippen molar-refractivity contribution in [2.24, 2.45) is 0 Å². The molecule has 2 amide bonds. The molecule has 0 radical (unpaired) electrons. The van der Waals surface area contributed by atoms with Gasteiger partial charge in [0.2, 0.25) is 5.91 Å². The molecule has 0 aliphatic carbocycles. The van der Waals surface area contributed by atoms with Crippen molar-refractivity contribution in [2.75, 3.05) is 34.3 Å². The van der Waals surface area contributed by atoms with Gasteiger partial charge in [-0.3, -0.25) is 9.59 Å². The zero-order valence-electron chi connectivity index (χ0n) is 16.0. The number of benzene rings is 2. The Labute approximate surface area is 174 Å². The van der Waals surface area contributed by atoms with E-state index in [1.54, 1.807) is 13.2 Å². The maximum atomic E-state index is 12.1. The van der Waals surface area contributed by atoms with Crippen molar-refractivity contribution in [2.45, 2.75) is 6.04 Å². The van der Waals surface area contributed by atoms with Crippen molar-refractivity contribution in [3.63, 3.8) is 0 Å². The number of carbonyl (C=O) groups excluding carboxylic acids is 2. The van der Waals surface area contributed by atoms with E-state index >= 15 is 0 Å². The van der Waals surface area contributed by atoms with E-state index in [4.69, 9.17) is 27.9 Å². The first-order valence-electron chi connectivity index (χ1n) is 8.62. The Morgan fingerprint density at radius 1 is 1.04 bits per heavy atom. The zero-order chi connectivity index (χ0) is 20.7. The minimum atomic E-state index is -0.395. The van der Waals surface area contributed by atoms with Gasteiger partial charge in [-0.2, -0.15) is 0 Å². The van der Waals surface area contributed by atoms with Gasteiger partial charge in [0.15, 0.2) is 0 Å². The van der Waals surface area contributed by atoms with E-state index in [1.165, 1.54) is 12.1 Å². The molecule has 0 aliphatic rings. The van der Waals surface area contributed by atoms with Gasteiger partial charge in [0, 0.05) is 12.1 Å². The van der Waals surface area contributed by atoms with Crippen LogP contribution >= 0.6 is 23.2 Å². The third-order valence-electron chi connectivity index (χ3n) is 4.21. The van der Waals surface area contributed by atoms with Gasteiger partial charge >= 0.3 is 0 Å². The smallest absolute Gasteiger partial charge is 0.251 e. The zero-order valence-corrected chi connectivity index (χ0v) is 17.5. The maximum absolute atomic E-state index is 12.1. The van der Waals surface area contributed by atoms with Crippen LogP contribution in [0, 0.1) is 0 Å². The molecule has 1 unspecified atom stereocenters. The average Bonchev–Trinajstić information content (AvgIpc) is 2.68. The van der Waals surface area contributed by atoms with Crippen molar-refractivity contribution >= 4 is 35.0 Å². The number of likely N-dealkylation sites (N-methyl/N-ethyl adjacent to an activating group) is 1. The lowest BCUT2D eigenvalue weighted by Gasteiger charge is -2.25. The van der Waals surface area contributed by atoms with Gasteiger partial charge in [0.05, 0.1) is 29.7 Å². The molecule has 6 nitrogen and oxygen atoms in total. The van der Waals surface area contributed by atoms with Crippen molar-refractivity contribution < 1.29 is 14.3 Å². The summed E-state index contributed by atoms with van der Waals surface area (Å²) in [6, 6.07) is 12.2. The van der Waals surface area contributed by atoms with Crippen molar-refractivity contribution in [1.29, 1.82) is 0 Å². The number of methoxy groups -OCH3 is 1. The topological polar surface area (TPSA) is 70.7 Å². The first-order valence-corrected chi connectivity index (χ1v) is 9.37. The van der Waals surface area contributed by atoms with Crippen LogP contribution in [0.15, 0.2) is 42.5 Å². The fraction of sp³-hybridized carbons (Fsp3) is 0.300. The highest BCUT2D eigenvalue weighted by Gasteiger charge is 2.16. The normalized spacial score (nSPS) is 11.8. The summed E-state index contributed by atoms with van der Waals surface area (Å²) in [5.74, 6) is 0.0945. The van der Waals surface area contributed by atoms with Crippen LogP contribution in [0.3, 0.4) is 0 Å². The molecule has 2 aromatic carbocycles. The van der Waals surface area contributed by atoms with Crippen molar-refractivity contribution in [3.8, 4) is 5.75 Å². The summed E-state index contributed by atoms with van der Waals surface area (Å²) in [6.45, 7) is 0.267. The maximum Gasteiger partial charge on any atom is 0.251 e. The van der Waals surface area contributed by atoms with Gasteiger partial charge < -0.3 is 20.3 Å². The van der Waals surface area contributed by atoms with Crippen LogP contribution in [0.25, 0.3) is 0 Å². The standard InChI is InChI=1S/C20H23Cl2N3O3/c1-25(2)18(13-4-7-15(28-3)8-5-13)11-23-19(26)12-24-20(27)14-6-9-16(21)17(22)10-14/h4-10,18H,11-12H2,1-3H3,(H,23,26)(H,24,27). The lowest BCUT2D eigenvalue weighted by Crippen LogP contribution is -2.40. The monoisotopic (exact) mass is 423 g/mol. The van der Waals surface area contributed by atoms with Crippen LogP contribution < -0.4 is 15.4 Å². The first kappa shape index (κ1) is 22.0. The summed E-state index contributed by atoms with van der Waals surface area (Å²) in [6.07, 6.45) is 0. The predicted molar refractivity (Wildman–Crippen MR) is 111 cm³/mol. The van der Waals surface area contributed by atoms with E-state index < -0.39 is 5.91 Å². The van der Waals surface area contributed by atoms with E-state index in [2.05, 4.69) is 10.6 Å². The van der Waals surface area contributed by atoms with Crippen LogP contribution in [-0.2, 0) is 4.79 Å². The molecule has 0 heterocycles. The summed E-state index contributed by atoms with van der Waals surface area (Å²) in [5.41, 5.74) is 1.39. The number of carbonyl (C=O) groups is 2. The van der Waals surface area contributed by atoms with Crippen molar-refractivity contribution in [1.82, 2.24) is 15.5 Å². The molecule has 0 fully saturated rings. The minimum Gasteiger partial charge on any atom is -0.497 e. The molecule has 150 valence electrons. The minimum absolute atomic E-state index is 0.0133. The van der Waals surface area contributed by atoms with Gasteiger partial charge in [-0.15, -0.1) is 0 Å². The molecule has 8 heteroatoms. The molecular formula is C20H23Cl2N3O3. The largest absolute Gasteiger partial charge is 0.497 e. The third-order valence-corrected chi connectivity index (χ3v) is 4.95. The molecule has 2 aromatic rings. The van der Waals surface area contributed by atoms with Crippen LogP contribution in [0.1, 0.15) is 22.0 Å². The number of rotatable bonds is 8. The lowest BCUT2D eigenvalue weighted by atomic mass is 10.1. The number of nitrogens with zero attached hydrogens (tertiary/aromatic N) is 1. The molecule has 0 spiro atoms. The number of hydrogen-bond acceptors (Lipinski definition) is 4. The molecule has 0 saturated carbocycles. The number of halogens is 2. The lowest BCUT2D eigenvalue weighted by molar-refractivity contribution is -0.120. The Bertz CT molecular complexity index is 826. The Hall–Kier alpha value is -2.28. The molecular weight excluding hydrogens is 401 g/mol. The molecule has 0 saturated heterocycles. The average molecular weight is 424 g/mol. The molecule has 2 N–H and O–H groups in total. The second-order valence-electron chi connectivity index (χ2n) is 6.37. The Kier molecular flexibility index (Phi) is 8.11. The predicted octanol–water partition coefficient (Wildman–Crippen LogP) is 3.15. The molecule has 1 atom stereocenters. The van der Waals surface area contributed by atoms with Crippen molar-refractivity contribution in [3.05, 3.63) is 63.6 Å². The quantitative estimate of drug-likeness (QED) is 0.683. The third kappa shape index (κ3) is 6.12. The van der Waals surface area contributed by atoms with E-state index in [-0.39, 0.29) is 23.5 Å². The van der Waals surface area contributed by atoms with Gasteiger partial charge in [-0.05, 0) is 50.0 Å². The molecule has 0 bridgehead atoms. The van der Waals surface area contributed by atoms with E-state index in [9.17, 15) is 9.59 Å². The van der Waals surface area contributed by atoms with Gasteiger partial charge in [-0.25, -0.2) is 0 Å². The van der Waals surface area contributed by atoms with Crippen LogP contribution in [0.5, 0.6) is 5.75 Å². The first-order chi connectivity index (χ1) is 13.3. The van der Waals surface area contributed by atoms with Crippen LogP contribution in [-0.4, -0.2) is 51.0 Å². The second kappa shape index (κ2) is 10.3. The highest BCUT2D eigenvalue weighted by Crippen LogP contribution is 2.22. The Morgan fingerprint density at radius 2 is 1.71 bits per heavy atom. The van der Waals surface area contributed by atoms with E-state index in [1.807, 2.05) is 43.3 Å². The van der Waals surface area contributed by atoms with Crippen LogP contribution in [0.4, 0.5) is 0 Å². The molecule has 2 rings (SSSR count). The fourth-order valence-electron chi connectivity index (χ4n) is 2.60. The van der Waals surface area contributed by atoms with Gasteiger partial charge in [0.25, 0.3) is 5.91 Å². The summed E-state index contributed by atoms with van der Waals surface area (Å²) >= 11 is 11.7. The summed E-state index contributed by atoms with van der Waals surface area (Å²) in [7, 11) is 5.49. The molecule has 0 aromatic heterocycles. The SMILES string of the molecule is COc1ccc(C(CNC(=O)CNC(=O)c2ccc(Cl)c(Cl)c2)N(C)C)cc1. The second-order valence-corrected chi connectivity index (χ2v) is 7.18. The Morgan fingerprint density at radius 3 is 2.29 bits per heavy atom. The summed E-state index contributed by atoms with van der Waals surface area (Å²) in [4.78, 5) is 26.3. The molecule has 28 heavy (non-hydrogen) atoms. The number of amides is 2. The fourth-order valence-corrected chi connectivity index (χ4v) is 2.90. The summed E-state index contributed by atoms with van der Waals surface area (Å²) in [5, 5.41) is 6.06. The molecule has 0 aliphatic heterocycles. The number of nitrogens with one attached hydrogen (secondary N) is 2. The van der Waals surface area contributed by atoms with Crippen LogP contribution in [0.2, 0.25) is 10.0 Å². The van der Waals surface area contributed by atoms with E-state index in [0.717, 1.165) is 11.3 Å². The van der Waals surface area contributed by atoms with Gasteiger partial charge in [0.1, 0.15) is 5.75 Å². The highest BCUT2D eigenvalue weighted by molar-refractivity contribution is 6.42.